The summed E-state index contributed by atoms with van der Waals surface area (Å²) in [6.45, 7) is 1.83. The number of para-hydroxylation sites is 2. The van der Waals surface area contributed by atoms with Gasteiger partial charge in [0.2, 0.25) is 5.91 Å². The molecule has 3 aromatic rings. The summed E-state index contributed by atoms with van der Waals surface area (Å²) in [6, 6.07) is 20.5. The largest absolute Gasteiger partial charge is 0.496 e. The minimum atomic E-state index is -3.73. The van der Waals surface area contributed by atoms with Crippen molar-refractivity contribution in [2.24, 2.45) is 0 Å². The van der Waals surface area contributed by atoms with Gasteiger partial charge in [-0.05, 0) is 55.0 Å². The lowest BCUT2D eigenvalue weighted by Gasteiger charge is -2.11. The van der Waals surface area contributed by atoms with E-state index in [0.717, 1.165) is 11.1 Å². The second kappa shape index (κ2) is 9.28. The quantitative estimate of drug-likeness (QED) is 0.551. The van der Waals surface area contributed by atoms with Crippen LogP contribution >= 0.6 is 0 Å². The zero-order valence-electron chi connectivity index (χ0n) is 16.6. The number of sulfonamides is 1. The van der Waals surface area contributed by atoms with Crippen LogP contribution in [0.25, 0.3) is 6.08 Å². The third-order valence-corrected chi connectivity index (χ3v) is 5.76. The Balaban J connectivity index is 1.67. The van der Waals surface area contributed by atoms with Gasteiger partial charge in [0.15, 0.2) is 0 Å². The van der Waals surface area contributed by atoms with Crippen molar-refractivity contribution in [2.45, 2.75) is 11.8 Å². The Morgan fingerprint density at radius 2 is 1.60 bits per heavy atom. The van der Waals surface area contributed by atoms with Crippen LogP contribution in [0.5, 0.6) is 5.75 Å². The summed E-state index contributed by atoms with van der Waals surface area (Å²) < 4.78 is 33.0. The topological polar surface area (TPSA) is 84.5 Å². The first kappa shape index (κ1) is 21.1. The van der Waals surface area contributed by atoms with E-state index in [1.54, 1.807) is 37.5 Å². The van der Waals surface area contributed by atoms with Crippen molar-refractivity contribution in [2.75, 3.05) is 17.1 Å². The second-order valence-corrected chi connectivity index (χ2v) is 8.19. The fraction of sp³-hybridized carbons (Fsp3) is 0.0870. The van der Waals surface area contributed by atoms with Crippen LogP contribution in [0, 0.1) is 6.92 Å². The van der Waals surface area contributed by atoms with Crippen molar-refractivity contribution in [3.8, 4) is 5.75 Å². The molecule has 154 valence electrons. The predicted octanol–water partition coefficient (Wildman–Crippen LogP) is 4.46. The van der Waals surface area contributed by atoms with Crippen LogP contribution in [0.2, 0.25) is 0 Å². The molecule has 0 heterocycles. The maximum Gasteiger partial charge on any atom is 0.261 e. The maximum atomic E-state index is 12.6. The lowest BCUT2D eigenvalue weighted by molar-refractivity contribution is -0.111. The normalized spacial score (nSPS) is 11.3. The van der Waals surface area contributed by atoms with Crippen molar-refractivity contribution < 1.29 is 17.9 Å². The molecule has 0 aliphatic heterocycles. The first-order valence-corrected chi connectivity index (χ1v) is 10.7. The summed E-state index contributed by atoms with van der Waals surface area (Å²) in [6.07, 6.45) is 3.04. The number of carbonyl (C=O) groups is 1. The zero-order valence-corrected chi connectivity index (χ0v) is 17.4. The van der Waals surface area contributed by atoms with E-state index in [9.17, 15) is 13.2 Å². The van der Waals surface area contributed by atoms with Gasteiger partial charge in [0.1, 0.15) is 5.75 Å². The van der Waals surface area contributed by atoms with Crippen LogP contribution in [0.4, 0.5) is 11.4 Å². The number of rotatable bonds is 7. The zero-order chi connectivity index (χ0) is 21.6. The average molecular weight is 423 g/mol. The molecule has 0 saturated heterocycles. The molecular formula is C23H22N2O4S. The molecule has 0 radical (unpaired) electrons. The molecule has 3 aromatic carbocycles. The molecule has 0 aromatic heterocycles. The van der Waals surface area contributed by atoms with Gasteiger partial charge in [-0.2, -0.15) is 0 Å². The molecule has 0 aliphatic rings. The Bertz CT molecular complexity index is 1170. The lowest BCUT2D eigenvalue weighted by atomic mass is 10.2. The maximum absolute atomic E-state index is 12.6. The van der Waals surface area contributed by atoms with Gasteiger partial charge in [0, 0.05) is 17.3 Å². The Labute approximate surface area is 176 Å². The van der Waals surface area contributed by atoms with Crippen LogP contribution in [-0.2, 0) is 14.8 Å². The third-order valence-electron chi connectivity index (χ3n) is 4.37. The first-order chi connectivity index (χ1) is 14.4. The van der Waals surface area contributed by atoms with E-state index < -0.39 is 10.0 Å². The number of carbonyl (C=O) groups excluding carboxylic acids is 1. The second-order valence-electron chi connectivity index (χ2n) is 6.51. The molecule has 7 heteroatoms. The van der Waals surface area contributed by atoms with Crippen molar-refractivity contribution in [3.05, 3.63) is 90.0 Å². The summed E-state index contributed by atoms with van der Waals surface area (Å²) >= 11 is 0. The van der Waals surface area contributed by atoms with Crippen molar-refractivity contribution in [1.82, 2.24) is 0 Å². The molecule has 0 fully saturated rings. The third kappa shape index (κ3) is 5.27. The molecule has 0 saturated carbocycles. The molecule has 6 nitrogen and oxygen atoms in total. The number of benzene rings is 3. The fourth-order valence-corrected chi connectivity index (χ4v) is 3.89. The number of methoxy groups -OCH3 is 1. The number of nitrogens with one attached hydrogen (secondary N) is 2. The monoisotopic (exact) mass is 422 g/mol. The highest BCUT2D eigenvalue weighted by Crippen LogP contribution is 2.21. The summed E-state index contributed by atoms with van der Waals surface area (Å²) in [5.74, 6) is 0.326. The molecule has 3 rings (SSSR count). The Morgan fingerprint density at radius 3 is 2.30 bits per heavy atom. The van der Waals surface area contributed by atoms with Gasteiger partial charge in [0.05, 0.1) is 17.7 Å². The molecule has 0 aliphatic carbocycles. The fourth-order valence-electron chi connectivity index (χ4n) is 2.76. The summed E-state index contributed by atoms with van der Waals surface area (Å²) in [4.78, 5) is 12.3. The lowest BCUT2D eigenvalue weighted by Crippen LogP contribution is -2.14. The van der Waals surface area contributed by atoms with Gasteiger partial charge in [-0.3, -0.25) is 9.52 Å². The molecular weight excluding hydrogens is 400 g/mol. The van der Waals surface area contributed by atoms with Gasteiger partial charge in [-0.1, -0.05) is 36.4 Å². The van der Waals surface area contributed by atoms with E-state index in [1.165, 1.54) is 18.2 Å². The van der Waals surface area contributed by atoms with E-state index in [4.69, 9.17) is 4.74 Å². The van der Waals surface area contributed by atoms with Crippen molar-refractivity contribution in [3.63, 3.8) is 0 Å². The highest BCUT2D eigenvalue weighted by atomic mass is 32.2. The molecule has 1 amide bonds. The number of hydrogen-bond acceptors (Lipinski definition) is 4. The average Bonchev–Trinajstić information content (AvgIpc) is 2.74. The van der Waals surface area contributed by atoms with Gasteiger partial charge in [-0.15, -0.1) is 0 Å². The summed E-state index contributed by atoms with van der Waals surface area (Å²) in [7, 11) is -2.16. The van der Waals surface area contributed by atoms with Crippen LogP contribution in [0.1, 0.15) is 11.1 Å². The van der Waals surface area contributed by atoms with E-state index in [2.05, 4.69) is 10.0 Å². The Hall–Kier alpha value is -3.58. The first-order valence-electron chi connectivity index (χ1n) is 9.19. The number of amides is 1. The van der Waals surface area contributed by atoms with Crippen LogP contribution < -0.4 is 14.8 Å². The van der Waals surface area contributed by atoms with Gasteiger partial charge < -0.3 is 10.1 Å². The molecule has 0 unspecified atom stereocenters. The Kier molecular flexibility index (Phi) is 6.54. The molecule has 0 bridgehead atoms. The van der Waals surface area contributed by atoms with Crippen molar-refractivity contribution >= 4 is 33.4 Å². The molecule has 0 atom stereocenters. The number of hydrogen-bond donors (Lipinski definition) is 2. The van der Waals surface area contributed by atoms with Gasteiger partial charge in [0.25, 0.3) is 10.0 Å². The van der Waals surface area contributed by atoms with E-state index in [0.29, 0.717) is 17.1 Å². The summed E-state index contributed by atoms with van der Waals surface area (Å²) in [5, 5.41) is 2.71. The minimum Gasteiger partial charge on any atom is -0.496 e. The standard InChI is InChI=1S/C23H22N2O4S/c1-17-7-3-5-9-21(17)25-30(27,28)20-14-12-19(13-15-20)24-23(26)16-11-18-8-4-6-10-22(18)29-2/h3-16,25H,1-2H3,(H,24,26). The van der Waals surface area contributed by atoms with E-state index in [1.807, 2.05) is 43.3 Å². The number of anilines is 2. The van der Waals surface area contributed by atoms with E-state index in [-0.39, 0.29) is 10.8 Å². The van der Waals surface area contributed by atoms with Gasteiger partial charge >= 0.3 is 0 Å². The summed E-state index contributed by atoms with van der Waals surface area (Å²) in [5.41, 5.74) is 2.61. The molecule has 0 spiro atoms. The van der Waals surface area contributed by atoms with Gasteiger partial charge in [-0.25, -0.2) is 8.42 Å². The number of aryl methyl sites for hydroxylation is 1. The smallest absolute Gasteiger partial charge is 0.261 e. The van der Waals surface area contributed by atoms with E-state index >= 15 is 0 Å². The molecule has 2 N–H and O–H groups in total. The Morgan fingerprint density at radius 1 is 0.933 bits per heavy atom. The SMILES string of the molecule is COc1ccccc1C=CC(=O)Nc1ccc(S(=O)(=O)Nc2ccccc2C)cc1. The van der Waals surface area contributed by atoms with Crippen molar-refractivity contribution in [1.29, 1.82) is 0 Å². The molecule has 30 heavy (non-hydrogen) atoms. The highest BCUT2D eigenvalue weighted by molar-refractivity contribution is 7.92. The number of ether oxygens (including phenoxy) is 1. The van der Waals surface area contributed by atoms with Crippen LogP contribution in [0.15, 0.2) is 83.8 Å². The minimum absolute atomic E-state index is 0.105. The highest BCUT2D eigenvalue weighted by Gasteiger charge is 2.15. The van der Waals surface area contributed by atoms with Crippen LogP contribution in [0.3, 0.4) is 0 Å². The predicted molar refractivity (Wildman–Crippen MR) is 119 cm³/mol. The van der Waals surface area contributed by atoms with Crippen LogP contribution in [-0.4, -0.2) is 21.4 Å².